The molecule has 1 aromatic rings. The molecular weight excluding hydrogens is 300 g/mol. The first-order valence-corrected chi connectivity index (χ1v) is 8.77. The molecule has 0 radical (unpaired) electrons. The summed E-state index contributed by atoms with van der Waals surface area (Å²) in [6.45, 7) is 9.88. The van der Waals surface area contributed by atoms with Gasteiger partial charge in [-0.25, -0.2) is 0 Å². The molecule has 1 heterocycles. The second-order valence-electron chi connectivity index (χ2n) is 4.88. The van der Waals surface area contributed by atoms with Crippen molar-refractivity contribution in [3.63, 3.8) is 0 Å². The fourth-order valence-electron chi connectivity index (χ4n) is 2.29. The number of terminal acetylenes is 1. The van der Waals surface area contributed by atoms with Crippen LogP contribution in [0, 0.1) is 12.8 Å². The maximum atomic E-state index is 5.59. The zero-order chi connectivity index (χ0) is 18.8. The van der Waals surface area contributed by atoms with E-state index in [1.807, 2.05) is 19.9 Å². The molecule has 1 aromatic carbocycles. The van der Waals surface area contributed by atoms with E-state index in [0.29, 0.717) is 13.2 Å². The highest BCUT2D eigenvalue weighted by Gasteiger charge is 2.11. The molecule has 0 saturated carbocycles. The molecule has 0 aliphatic carbocycles. The number of benzene rings is 1. The lowest BCUT2D eigenvalue weighted by atomic mass is 10.1. The summed E-state index contributed by atoms with van der Waals surface area (Å²) in [5, 5.41) is 0. The van der Waals surface area contributed by atoms with Crippen molar-refractivity contribution in [1.29, 1.82) is 0 Å². The van der Waals surface area contributed by atoms with Crippen LogP contribution in [0.25, 0.3) is 0 Å². The van der Waals surface area contributed by atoms with Crippen LogP contribution in [-0.2, 0) is 6.42 Å². The highest BCUT2D eigenvalue weighted by molar-refractivity contribution is 5.43. The summed E-state index contributed by atoms with van der Waals surface area (Å²) in [4.78, 5) is 2.39. The van der Waals surface area contributed by atoms with Gasteiger partial charge in [0.2, 0.25) is 0 Å². The molecule has 0 fully saturated rings. The van der Waals surface area contributed by atoms with Gasteiger partial charge in [0.25, 0.3) is 0 Å². The molecule has 1 aliphatic heterocycles. The smallest absolute Gasteiger partial charge is 0.161 e. The molecule has 0 aromatic heterocycles. The molecule has 2 rings (SSSR count). The van der Waals surface area contributed by atoms with Gasteiger partial charge in [0, 0.05) is 0 Å². The molecule has 2 N–H and O–H groups in total. The molecule has 0 unspecified atom stereocenters. The summed E-state index contributed by atoms with van der Waals surface area (Å²) in [7, 11) is 3.69. The van der Waals surface area contributed by atoms with Crippen molar-refractivity contribution in [1.82, 2.24) is 4.90 Å². The van der Waals surface area contributed by atoms with E-state index in [-0.39, 0.29) is 0 Å². The number of nitrogens with two attached hydrogens (primary N) is 1. The third-order valence-electron chi connectivity index (χ3n) is 3.22. The number of ether oxygens (including phenoxy) is 2. The van der Waals surface area contributed by atoms with Gasteiger partial charge >= 0.3 is 0 Å². The van der Waals surface area contributed by atoms with Gasteiger partial charge in [-0.1, -0.05) is 26.8 Å². The molecule has 0 atom stereocenters. The van der Waals surface area contributed by atoms with Crippen molar-refractivity contribution in [2.24, 2.45) is 5.73 Å². The number of nitrogens with zero attached hydrogens (tertiary/aromatic N) is 1. The van der Waals surface area contributed by atoms with Gasteiger partial charge in [-0.15, -0.1) is 12.8 Å². The Balaban J connectivity index is 0. The molecule has 138 valence electrons. The van der Waals surface area contributed by atoms with Crippen LogP contribution in [0.3, 0.4) is 0 Å². The van der Waals surface area contributed by atoms with Crippen LogP contribution in [0.4, 0.5) is 0 Å². The van der Waals surface area contributed by atoms with Crippen molar-refractivity contribution in [3.8, 4) is 24.3 Å². The SMILES string of the molecule is C#C.CC.CCCN(C)CCCc1ccc2c(c1)OCCO2.CN. The van der Waals surface area contributed by atoms with Crippen molar-refractivity contribution < 1.29 is 9.47 Å². The van der Waals surface area contributed by atoms with Crippen molar-refractivity contribution in [2.45, 2.75) is 40.0 Å². The predicted molar refractivity (Wildman–Crippen MR) is 105 cm³/mol. The summed E-state index contributed by atoms with van der Waals surface area (Å²) >= 11 is 0. The van der Waals surface area contributed by atoms with E-state index in [2.05, 4.69) is 49.6 Å². The van der Waals surface area contributed by atoms with Crippen LogP contribution in [0.1, 0.15) is 39.2 Å². The third kappa shape index (κ3) is 10.1. The predicted octanol–water partition coefficient (Wildman–Crippen LogP) is 3.58. The monoisotopic (exact) mass is 336 g/mol. The minimum absolute atomic E-state index is 0.661. The summed E-state index contributed by atoms with van der Waals surface area (Å²) in [6, 6.07) is 6.29. The Kier molecular flexibility index (Phi) is 18.1. The van der Waals surface area contributed by atoms with Gasteiger partial charge in [0.05, 0.1) is 0 Å². The van der Waals surface area contributed by atoms with Crippen molar-refractivity contribution in [2.75, 3.05) is 40.4 Å². The molecule has 0 spiro atoms. The zero-order valence-corrected chi connectivity index (χ0v) is 16.2. The highest BCUT2D eigenvalue weighted by Crippen LogP contribution is 2.31. The lowest BCUT2D eigenvalue weighted by molar-refractivity contribution is 0.171. The molecule has 4 nitrogen and oxygen atoms in total. The van der Waals surface area contributed by atoms with Gasteiger partial charge < -0.3 is 20.1 Å². The van der Waals surface area contributed by atoms with Crippen LogP contribution < -0.4 is 15.2 Å². The van der Waals surface area contributed by atoms with E-state index in [1.165, 1.54) is 32.0 Å². The van der Waals surface area contributed by atoms with Gasteiger partial charge in [0.15, 0.2) is 11.5 Å². The fourth-order valence-corrected chi connectivity index (χ4v) is 2.29. The molecule has 0 saturated heterocycles. The van der Waals surface area contributed by atoms with Gasteiger partial charge in [-0.3, -0.25) is 0 Å². The first kappa shape index (κ1) is 24.6. The standard InChI is InChI=1S/C15H23NO2.C2H6.C2H2.CH5N/c1-3-8-16(2)9-4-5-13-6-7-14-15(12-13)18-11-10-17-14;3*1-2/h6-7,12H,3-5,8-11H2,1-2H3;1-2H3;1-2H;2H2,1H3. The number of rotatable bonds is 6. The molecule has 0 bridgehead atoms. The maximum absolute atomic E-state index is 5.59. The quantitative estimate of drug-likeness (QED) is 0.807. The second-order valence-corrected chi connectivity index (χ2v) is 4.88. The van der Waals surface area contributed by atoms with E-state index < -0.39 is 0 Å². The van der Waals surface area contributed by atoms with Crippen molar-refractivity contribution in [3.05, 3.63) is 23.8 Å². The molecule has 1 aliphatic rings. The summed E-state index contributed by atoms with van der Waals surface area (Å²) in [5.74, 6) is 1.79. The highest BCUT2D eigenvalue weighted by atomic mass is 16.6. The first-order valence-electron chi connectivity index (χ1n) is 8.77. The lowest BCUT2D eigenvalue weighted by Crippen LogP contribution is -2.20. The second kappa shape index (κ2) is 17.7. The van der Waals surface area contributed by atoms with E-state index in [4.69, 9.17) is 9.47 Å². The first-order chi connectivity index (χ1) is 11.8. The number of hydrogen-bond acceptors (Lipinski definition) is 4. The summed E-state index contributed by atoms with van der Waals surface area (Å²) in [5.41, 5.74) is 5.84. The minimum atomic E-state index is 0.661. The molecule has 24 heavy (non-hydrogen) atoms. The van der Waals surface area contributed by atoms with E-state index in [0.717, 1.165) is 24.5 Å². The molecule has 0 amide bonds. The molecular formula is C20H36N2O2. The van der Waals surface area contributed by atoms with Crippen LogP contribution in [0.2, 0.25) is 0 Å². The fraction of sp³-hybridized carbons (Fsp3) is 0.600. The minimum Gasteiger partial charge on any atom is -0.486 e. The Morgan fingerprint density at radius 2 is 1.62 bits per heavy atom. The van der Waals surface area contributed by atoms with Gasteiger partial charge in [0.1, 0.15) is 13.2 Å². The number of fused-ring (bicyclic) bond motifs is 1. The largest absolute Gasteiger partial charge is 0.486 e. The Hall–Kier alpha value is -1.70. The Morgan fingerprint density at radius 3 is 2.21 bits per heavy atom. The van der Waals surface area contributed by atoms with Crippen LogP contribution in [0.5, 0.6) is 11.5 Å². The van der Waals surface area contributed by atoms with Crippen LogP contribution in [0.15, 0.2) is 18.2 Å². The lowest BCUT2D eigenvalue weighted by Gasteiger charge is -2.19. The number of hydrogen-bond donors (Lipinski definition) is 1. The van der Waals surface area contributed by atoms with Crippen LogP contribution >= 0.6 is 0 Å². The topological polar surface area (TPSA) is 47.7 Å². The van der Waals surface area contributed by atoms with E-state index >= 15 is 0 Å². The maximum Gasteiger partial charge on any atom is 0.161 e. The average molecular weight is 337 g/mol. The third-order valence-corrected chi connectivity index (χ3v) is 3.22. The Labute approximate surface area is 149 Å². The van der Waals surface area contributed by atoms with E-state index in [1.54, 1.807) is 0 Å². The van der Waals surface area contributed by atoms with Crippen molar-refractivity contribution >= 4 is 0 Å². The molecule has 4 heteroatoms. The normalized spacial score (nSPS) is 11.0. The summed E-state index contributed by atoms with van der Waals surface area (Å²) in [6.07, 6.45) is 11.5. The van der Waals surface area contributed by atoms with Crippen LogP contribution in [-0.4, -0.2) is 45.3 Å². The van der Waals surface area contributed by atoms with Gasteiger partial charge in [-0.2, -0.15) is 0 Å². The zero-order valence-electron chi connectivity index (χ0n) is 16.2. The van der Waals surface area contributed by atoms with Gasteiger partial charge in [-0.05, 0) is 64.1 Å². The number of aryl methyl sites for hydroxylation is 1. The Bertz CT molecular complexity index is 419. The average Bonchev–Trinajstić information content (AvgIpc) is 2.67. The summed E-state index contributed by atoms with van der Waals surface area (Å²) < 4.78 is 11.1. The van der Waals surface area contributed by atoms with E-state index in [9.17, 15) is 0 Å². The Morgan fingerprint density at radius 1 is 1.04 bits per heavy atom.